The van der Waals surface area contributed by atoms with Crippen molar-refractivity contribution in [2.24, 2.45) is 5.92 Å². The normalized spacial score (nSPS) is 18.3. The summed E-state index contributed by atoms with van der Waals surface area (Å²) in [5.41, 5.74) is 1.77. The first-order valence-corrected chi connectivity index (χ1v) is 7.95. The van der Waals surface area contributed by atoms with Gasteiger partial charge in [-0.05, 0) is 24.1 Å². The molecule has 1 aromatic heterocycles. The standard InChI is InChI=1S/C15H13BrClN3O/c16-12-3-1-2-11(7-12)13-4-5-18-15(19-13)20-9-10(8-17)6-14(20)21/h1-5,7,10H,6,8-9H2. The van der Waals surface area contributed by atoms with E-state index in [-0.39, 0.29) is 11.8 Å². The first kappa shape index (κ1) is 14.5. The molecule has 0 aliphatic carbocycles. The van der Waals surface area contributed by atoms with Crippen LogP contribution in [0.4, 0.5) is 5.95 Å². The smallest absolute Gasteiger partial charge is 0.232 e. The third kappa shape index (κ3) is 3.09. The van der Waals surface area contributed by atoms with Gasteiger partial charge in [-0.1, -0.05) is 28.1 Å². The molecule has 1 aliphatic heterocycles. The molecule has 3 rings (SSSR count). The Balaban J connectivity index is 1.92. The van der Waals surface area contributed by atoms with E-state index in [0.29, 0.717) is 24.8 Å². The van der Waals surface area contributed by atoms with Crippen LogP contribution in [0, 0.1) is 5.92 Å². The maximum atomic E-state index is 12.0. The van der Waals surface area contributed by atoms with Crippen molar-refractivity contribution in [1.82, 2.24) is 9.97 Å². The summed E-state index contributed by atoms with van der Waals surface area (Å²) in [5.74, 6) is 1.14. The molecule has 1 unspecified atom stereocenters. The summed E-state index contributed by atoms with van der Waals surface area (Å²) in [6.45, 7) is 0.588. The molecule has 0 N–H and O–H groups in total. The molecule has 1 aromatic carbocycles. The zero-order valence-corrected chi connectivity index (χ0v) is 13.5. The van der Waals surface area contributed by atoms with Crippen molar-refractivity contribution in [3.8, 4) is 11.3 Å². The Morgan fingerprint density at radius 2 is 2.24 bits per heavy atom. The lowest BCUT2D eigenvalue weighted by atomic mass is 10.1. The molecule has 108 valence electrons. The minimum atomic E-state index is 0.0343. The molecule has 21 heavy (non-hydrogen) atoms. The molecular weight excluding hydrogens is 354 g/mol. The zero-order chi connectivity index (χ0) is 14.8. The minimum Gasteiger partial charge on any atom is -0.280 e. The minimum absolute atomic E-state index is 0.0343. The molecular formula is C15H13BrClN3O. The van der Waals surface area contributed by atoms with Gasteiger partial charge in [-0.15, -0.1) is 11.6 Å². The highest BCUT2D eigenvalue weighted by Gasteiger charge is 2.31. The van der Waals surface area contributed by atoms with Crippen molar-refractivity contribution in [1.29, 1.82) is 0 Å². The van der Waals surface area contributed by atoms with Crippen molar-refractivity contribution >= 4 is 39.4 Å². The van der Waals surface area contributed by atoms with E-state index in [4.69, 9.17) is 11.6 Å². The highest BCUT2D eigenvalue weighted by molar-refractivity contribution is 9.10. The van der Waals surface area contributed by atoms with Gasteiger partial charge in [-0.25, -0.2) is 9.97 Å². The van der Waals surface area contributed by atoms with Crippen molar-refractivity contribution < 1.29 is 4.79 Å². The number of benzene rings is 1. The fourth-order valence-corrected chi connectivity index (χ4v) is 2.97. The molecule has 2 aromatic rings. The highest BCUT2D eigenvalue weighted by Crippen LogP contribution is 2.26. The van der Waals surface area contributed by atoms with Crippen LogP contribution in [0.1, 0.15) is 6.42 Å². The summed E-state index contributed by atoms with van der Waals surface area (Å²) in [4.78, 5) is 22.4. The van der Waals surface area contributed by atoms with Gasteiger partial charge in [-0.2, -0.15) is 0 Å². The lowest BCUT2D eigenvalue weighted by Crippen LogP contribution is -2.26. The fourth-order valence-electron chi connectivity index (χ4n) is 2.37. The number of hydrogen-bond donors (Lipinski definition) is 0. The van der Waals surface area contributed by atoms with Crippen molar-refractivity contribution in [3.63, 3.8) is 0 Å². The zero-order valence-electron chi connectivity index (χ0n) is 11.2. The second kappa shape index (κ2) is 6.12. The van der Waals surface area contributed by atoms with Crippen LogP contribution in [-0.2, 0) is 4.79 Å². The average molecular weight is 367 g/mol. The Labute approximate surface area is 136 Å². The summed E-state index contributed by atoms with van der Waals surface area (Å²) in [7, 11) is 0. The van der Waals surface area contributed by atoms with Crippen LogP contribution in [0.5, 0.6) is 0 Å². The van der Waals surface area contributed by atoms with Crippen molar-refractivity contribution in [2.45, 2.75) is 6.42 Å². The summed E-state index contributed by atoms with van der Waals surface area (Å²) < 4.78 is 0.986. The van der Waals surface area contributed by atoms with Crippen LogP contribution < -0.4 is 4.90 Å². The van der Waals surface area contributed by atoms with Gasteiger partial charge in [0.15, 0.2) is 0 Å². The van der Waals surface area contributed by atoms with Crippen molar-refractivity contribution in [3.05, 3.63) is 41.0 Å². The van der Waals surface area contributed by atoms with Gasteiger partial charge < -0.3 is 0 Å². The van der Waals surface area contributed by atoms with E-state index in [1.165, 1.54) is 0 Å². The Hall–Kier alpha value is -1.46. The molecule has 1 amide bonds. The third-order valence-electron chi connectivity index (χ3n) is 3.43. The molecule has 1 aliphatic rings. The Morgan fingerprint density at radius 1 is 1.38 bits per heavy atom. The molecule has 0 saturated carbocycles. The quantitative estimate of drug-likeness (QED) is 0.781. The topological polar surface area (TPSA) is 46.1 Å². The van der Waals surface area contributed by atoms with E-state index in [0.717, 1.165) is 15.7 Å². The van der Waals surface area contributed by atoms with E-state index in [1.807, 2.05) is 30.3 Å². The van der Waals surface area contributed by atoms with Gasteiger partial charge in [0.1, 0.15) is 0 Å². The Bertz CT molecular complexity index is 679. The maximum absolute atomic E-state index is 12.0. The van der Waals surface area contributed by atoms with Gasteiger partial charge in [0.2, 0.25) is 11.9 Å². The molecule has 1 saturated heterocycles. The van der Waals surface area contributed by atoms with E-state index < -0.39 is 0 Å². The monoisotopic (exact) mass is 365 g/mol. The average Bonchev–Trinajstić information content (AvgIpc) is 2.89. The van der Waals surface area contributed by atoms with Crippen LogP contribution >= 0.6 is 27.5 Å². The lowest BCUT2D eigenvalue weighted by molar-refractivity contribution is -0.117. The van der Waals surface area contributed by atoms with E-state index >= 15 is 0 Å². The second-order valence-electron chi connectivity index (χ2n) is 4.98. The van der Waals surface area contributed by atoms with E-state index in [9.17, 15) is 4.79 Å². The number of halogens is 2. The lowest BCUT2D eigenvalue weighted by Gasteiger charge is -2.14. The molecule has 1 atom stereocenters. The number of carbonyl (C=O) groups excluding carboxylic acids is 1. The molecule has 4 nitrogen and oxygen atoms in total. The van der Waals surface area contributed by atoms with Gasteiger partial charge in [-0.3, -0.25) is 9.69 Å². The van der Waals surface area contributed by atoms with Gasteiger partial charge in [0, 0.05) is 35.1 Å². The predicted molar refractivity (Wildman–Crippen MR) is 86.3 cm³/mol. The Kier molecular flexibility index (Phi) is 4.22. The number of alkyl halides is 1. The van der Waals surface area contributed by atoms with Gasteiger partial charge >= 0.3 is 0 Å². The molecule has 0 spiro atoms. The molecule has 6 heteroatoms. The first-order valence-electron chi connectivity index (χ1n) is 6.62. The molecule has 0 radical (unpaired) electrons. The number of anilines is 1. The maximum Gasteiger partial charge on any atom is 0.232 e. The number of amides is 1. The number of rotatable bonds is 3. The number of aromatic nitrogens is 2. The highest BCUT2D eigenvalue weighted by atomic mass is 79.9. The number of carbonyl (C=O) groups is 1. The summed E-state index contributed by atoms with van der Waals surface area (Å²) in [5, 5.41) is 0. The van der Waals surface area contributed by atoms with Crippen LogP contribution in [0.2, 0.25) is 0 Å². The fraction of sp³-hybridized carbons (Fsp3) is 0.267. The Morgan fingerprint density at radius 3 is 2.95 bits per heavy atom. The van der Waals surface area contributed by atoms with Gasteiger partial charge in [0.25, 0.3) is 0 Å². The van der Waals surface area contributed by atoms with Crippen molar-refractivity contribution in [2.75, 3.05) is 17.3 Å². The van der Waals surface area contributed by atoms with Crippen LogP contribution in [-0.4, -0.2) is 28.3 Å². The molecule has 0 bridgehead atoms. The SMILES string of the molecule is O=C1CC(CCl)CN1c1nccc(-c2cccc(Br)c2)n1. The van der Waals surface area contributed by atoms with E-state index in [1.54, 1.807) is 11.1 Å². The second-order valence-corrected chi connectivity index (χ2v) is 6.21. The van der Waals surface area contributed by atoms with Gasteiger partial charge in [0.05, 0.1) is 5.69 Å². The van der Waals surface area contributed by atoms with Crippen LogP contribution in [0.25, 0.3) is 11.3 Å². The predicted octanol–water partition coefficient (Wildman–Crippen LogP) is 3.50. The first-order chi connectivity index (χ1) is 10.2. The molecule has 1 fully saturated rings. The number of hydrogen-bond acceptors (Lipinski definition) is 3. The van der Waals surface area contributed by atoms with E-state index in [2.05, 4.69) is 25.9 Å². The summed E-state index contributed by atoms with van der Waals surface area (Å²) in [6, 6.07) is 9.71. The summed E-state index contributed by atoms with van der Waals surface area (Å²) >= 11 is 9.29. The number of nitrogens with zero attached hydrogens (tertiary/aromatic N) is 3. The largest absolute Gasteiger partial charge is 0.280 e. The van der Waals surface area contributed by atoms with Crippen LogP contribution in [0.15, 0.2) is 41.0 Å². The van der Waals surface area contributed by atoms with Crippen LogP contribution in [0.3, 0.4) is 0 Å². The molecule has 2 heterocycles. The third-order valence-corrected chi connectivity index (χ3v) is 4.36. The summed E-state index contributed by atoms with van der Waals surface area (Å²) in [6.07, 6.45) is 2.15.